The smallest absolute Gasteiger partial charge is 0.236 e. The molecule has 7 heteroatoms. The van der Waals surface area contributed by atoms with Crippen molar-refractivity contribution < 1.29 is 14.3 Å². The number of aryl methyl sites for hydroxylation is 1. The topological polar surface area (TPSA) is 99.2 Å². The Balaban J connectivity index is 2.14. The van der Waals surface area contributed by atoms with Gasteiger partial charge in [-0.3, -0.25) is 9.59 Å². The van der Waals surface area contributed by atoms with E-state index in [4.69, 9.17) is 10.5 Å². The van der Waals surface area contributed by atoms with Gasteiger partial charge >= 0.3 is 0 Å². The van der Waals surface area contributed by atoms with E-state index in [1.165, 1.54) is 0 Å². The molecule has 7 nitrogen and oxygen atoms in total. The van der Waals surface area contributed by atoms with Crippen LogP contribution >= 0.6 is 0 Å². The van der Waals surface area contributed by atoms with Crippen LogP contribution in [0.3, 0.4) is 0 Å². The van der Waals surface area contributed by atoms with Gasteiger partial charge in [0.25, 0.3) is 0 Å². The molecule has 1 aromatic heterocycles. The molecule has 0 bridgehead atoms. The van der Waals surface area contributed by atoms with Gasteiger partial charge in [-0.05, 0) is 38.0 Å². The molecule has 0 unspecified atom stereocenters. The Bertz CT molecular complexity index is 752. The second-order valence-corrected chi connectivity index (χ2v) is 5.51. The summed E-state index contributed by atoms with van der Waals surface area (Å²) in [5, 5.41) is 7.05. The Morgan fingerprint density at radius 2 is 2.08 bits per heavy atom. The van der Waals surface area contributed by atoms with Crippen LogP contribution in [0.5, 0.6) is 5.75 Å². The minimum atomic E-state index is -0.554. The van der Waals surface area contributed by atoms with Gasteiger partial charge in [0.05, 0.1) is 25.0 Å². The lowest BCUT2D eigenvalue weighted by atomic mass is 10.1. The van der Waals surface area contributed by atoms with E-state index >= 15 is 0 Å². The Morgan fingerprint density at radius 1 is 1.33 bits per heavy atom. The monoisotopic (exact) mass is 330 g/mol. The molecular weight excluding hydrogens is 308 g/mol. The van der Waals surface area contributed by atoms with Crippen molar-refractivity contribution in [2.45, 2.75) is 26.7 Å². The molecule has 0 aliphatic heterocycles. The SMILES string of the molecule is COc1cccc(-n2nc(C)c(CCC(=O)NCC(N)=O)c2C)c1. The van der Waals surface area contributed by atoms with Gasteiger partial charge in [0.15, 0.2) is 0 Å². The van der Waals surface area contributed by atoms with Crippen LogP contribution in [0.1, 0.15) is 23.4 Å². The number of methoxy groups -OCH3 is 1. The van der Waals surface area contributed by atoms with Crippen molar-refractivity contribution in [2.24, 2.45) is 5.73 Å². The van der Waals surface area contributed by atoms with Crippen molar-refractivity contribution in [3.63, 3.8) is 0 Å². The summed E-state index contributed by atoms with van der Waals surface area (Å²) in [5.74, 6) is -0.00396. The predicted octanol–water partition coefficient (Wildman–Crippen LogP) is 1.03. The zero-order chi connectivity index (χ0) is 17.7. The van der Waals surface area contributed by atoms with Crippen LogP contribution in [-0.4, -0.2) is 35.2 Å². The molecule has 3 N–H and O–H groups in total. The molecule has 128 valence electrons. The fourth-order valence-corrected chi connectivity index (χ4v) is 2.54. The van der Waals surface area contributed by atoms with Crippen molar-refractivity contribution >= 4 is 11.8 Å². The van der Waals surface area contributed by atoms with E-state index in [0.717, 1.165) is 28.4 Å². The summed E-state index contributed by atoms with van der Waals surface area (Å²) < 4.78 is 7.09. The second-order valence-electron chi connectivity index (χ2n) is 5.51. The van der Waals surface area contributed by atoms with Crippen molar-refractivity contribution in [3.8, 4) is 11.4 Å². The second kappa shape index (κ2) is 7.63. The van der Waals surface area contributed by atoms with Crippen LogP contribution in [0.25, 0.3) is 5.69 Å². The van der Waals surface area contributed by atoms with Gasteiger partial charge in [-0.2, -0.15) is 5.10 Å². The summed E-state index contributed by atoms with van der Waals surface area (Å²) in [7, 11) is 1.62. The number of carbonyl (C=O) groups is 2. The molecule has 0 atom stereocenters. The van der Waals surface area contributed by atoms with Gasteiger partial charge in [0, 0.05) is 18.2 Å². The Morgan fingerprint density at radius 3 is 2.75 bits per heavy atom. The van der Waals surface area contributed by atoms with E-state index in [2.05, 4.69) is 10.4 Å². The van der Waals surface area contributed by atoms with Crippen LogP contribution in [-0.2, 0) is 16.0 Å². The zero-order valence-corrected chi connectivity index (χ0v) is 14.1. The number of nitrogens with zero attached hydrogens (tertiary/aromatic N) is 2. The van der Waals surface area contributed by atoms with Crippen molar-refractivity contribution in [1.29, 1.82) is 0 Å². The summed E-state index contributed by atoms with van der Waals surface area (Å²) in [4.78, 5) is 22.4. The molecule has 0 aliphatic carbocycles. The summed E-state index contributed by atoms with van der Waals surface area (Å²) in [5.41, 5.74) is 8.78. The maximum absolute atomic E-state index is 11.7. The van der Waals surface area contributed by atoms with E-state index in [0.29, 0.717) is 6.42 Å². The third kappa shape index (κ3) is 4.13. The Hall–Kier alpha value is -2.83. The van der Waals surface area contributed by atoms with Crippen LogP contribution in [0, 0.1) is 13.8 Å². The Labute approximate surface area is 140 Å². The summed E-state index contributed by atoms with van der Waals surface area (Å²) >= 11 is 0. The lowest BCUT2D eigenvalue weighted by Gasteiger charge is -2.07. The molecule has 2 rings (SSSR count). The largest absolute Gasteiger partial charge is 0.497 e. The number of benzene rings is 1. The lowest BCUT2D eigenvalue weighted by Crippen LogP contribution is -2.33. The van der Waals surface area contributed by atoms with Crippen molar-refractivity contribution in [2.75, 3.05) is 13.7 Å². The summed E-state index contributed by atoms with van der Waals surface area (Å²) in [6.07, 6.45) is 0.824. The Kier molecular flexibility index (Phi) is 5.57. The van der Waals surface area contributed by atoms with Crippen LogP contribution in [0.4, 0.5) is 0 Å². The van der Waals surface area contributed by atoms with E-state index < -0.39 is 5.91 Å². The van der Waals surface area contributed by atoms with Gasteiger partial charge < -0.3 is 15.8 Å². The molecule has 24 heavy (non-hydrogen) atoms. The number of ether oxygens (including phenoxy) is 1. The van der Waals surface area contributed by atoms with Crippen LogP contribution in [0.15, 0.2) is 24.3 Å². The lowest BCUT2D eigenvalue weighted by molar-refractivity contribution is -0.124. The first-order valence-electron chi connectivity index (χ1n) is 7.67. The number of hydrogen-bond donors (Lipinski definition) is 2. The summed E-state index contributed by atoms with van der Waals surface area (Å²) in [6, 6.07) is 7.63. The molecule has 0 aliphatic rings. The van der Waals surface area contributed by atoms with Crippen LogP contribution < -0.4 is 15.8 Å². The standard InChI is InChI=1S/C17H22N4O3/c1-11-15(7-8-17(23)19-10-16(18)22)12(2)21(20-11)13-5-4-6-14(9-13)24-3/h4-6,9H,7-8,10H2,1-3H3,(H2,18,22)(H,19,23). The third-order valence-electron chi connectivity index (χ3n) is 3.80. The van der Waals surface area contributed by atoms with E-state index in [1.54, 1.807) is 7.11 Å². The predicted molar refractivity (Wildman–Crippen MR) is 90.1 cm³/mol. The van der Waals surface area contributed by atoms with Crippen molar-refractivity contribution in [1.82, 2.24) is 15.1 Å². The first kappa shape index (κ1) is 17.5. The number of rotatable bonds is 7. The fourth-order valence-electron chi connectivity index (χ4n) is 2.54. The first-order valence-corrected chi connectivity index (χ1v) is 7.67. The fraction of sp³-hybridized carbons (Fsp3) is 0.353. The number of carbonyl (C=O) groups excluding carboxylic acids is 2. The summed E-state index contributed by atoms with van der Waals surface area (Å²) in [6.45, 7) is 3.75. The number of nitrogens with one attached hydrogen (secondary N) is 1. The molecule has 1 aromatic carbocycles. The molecule has 0 spiro atoms. The highest BCUT2D eigenvalue weighted by Crippen LogP contribution is 2.22. The quantitative estimate of drug-likeness (QED) is 0.792. The van der Waals surface area contributed by atoms with E-state index in [-0.39, 0.29) is 18.9 Å². The van der Waals surface area contributed by atoms with Gasteiger partial charge in [-0.1, -0.05) is 6.07 Å². The minimum Gasteiger partial charge on any atom is -0.497 e. The first-order chi connectivity index (χ1) is 11.4. The number of amides is 2. The highest BCUT2D eigenvalue weighted by atomic mass is 16.5. The third-order valence-corrected chi connectivity index (χ3v) is 3.80. The van der Waals surface area contributed by atoms with Gasteiger partial charge in [-0.15, -0.1) is 0 Å². The van der Waals surface area contributed by atoms with E-state index in [9.17, 15) is 9.59 Å². The highest BCUT2D eigenvalue weighted by Gasteiger charge is 2.14. The minimum absolute atomic E-state index is 0.139. The average molecular weight is 330 g/mol. The number of aromatic nitrogens is 2. The zero-order valence-electron chi connectivity index (χ0n) is 14.1. The van der Waals surface area contributed by atoms with Gasteiger partial charge in [0.2, 0.25) is 11.8 Å². The number of primary amides is 1. The molecular formula is C17H22N4O3. The number of nitrogens with two attached hydrogens (primary N) is 1. The van der Waals surface area contributed by atoms with E-state index in [1.807, 2.05) is 42.8 Å². The molecule has 2 aromatic rings. The maximum atomic E-state index is 11.7. The van der Waals surface area contributed by atoms with Gasteiger partial charge in [-0.25, -0.2) is 4.68 Å². The normalized spacial score (nSPS) is 10.5. The van der Waals surface area contributed by atoms with Gasteiger partial charge in [0.1, 0.15) is 5.75 Å². The van der Waals surface area contributed by atoms with Crippen LogP contribution in [0.2, 0.25) is 0 Å². The average Bonchev–Trinajstić information content (AvgIpc) is 2.85. The molecule has 1 heterocycles. The maximum Gasteiger partial charge on any atom is 0.236 e. The molecule has 0 fully saturated rings. The highest BCUT2D eigenvalue weighted by molar-refractivity contribution is 5.83. The molecule has 0 saturated heterocycles. The van der Waals surface area contributed by atoms with Crippen molar-refractivity contribution in [3.05, 3.63) is 41.2 Å². The molecule has 2 amide bonds. The molecule has 0 radical (unpaired) electrons. The molecule has 0 saturated carbocycles. The number of hydrogen-bond acceptors (Lipinski definition) is 4.